The second-order valence-electron chi connectivity index (χ2n) is 4.69. The van der Waals surface area contributed by atoms with E-state index in [2.05, 4.69) is 27.4 Å². The van der Waals surface area contributed by atoms with E-state index in [0.29, 0.717) is 0 Å². The number of ether oxygens (including phenoxy) is 1. The molecule has 3 rings (SSSR count). The van der Waals surface area contributed by atoms with Gasteiger partial charge in [-0.15, -0.1) is 0 Å². The van der Waals surface area contributed by atoms with Crippen LogP contribution in [0.2, 0.25) is 0 Å². The molecule has 1 aromatic heterocycles. The van der Waals surface area contributed by atoms with Crippen LogP contribution in [0.4, 0.5) is 5.82 Å². The summed E-state index contributed by atoms with van der Waals surface area (Å²) in [5.74, 6) is 2.40. The Balaban J connectivity index is 1.82. The zero-order chi connectivity index (χ0) is 13.1. The molecule has 0 saturated heterocycles. The van der Waals surface area contributed by atoms with Crippen LogP contribution in [-0.4, -0.2) is 16.6 Å². The lowest BCUT2D eigenvalue weighted by atomic mass is 10.1. The summed E-state index contributed by atoms with van der Waals surface area (Å²) in [6.07, 6.45) is 2.01. The number of benzene rings is 1. The molecule has 0 fully saturated rings. The molecule has 0 amide bonds. The zero-order valence-electron chi connectivity index (χ0n) is 11.0. The van der Waals surface area contributed by atoms with Crippen molar-refractivity contribution in [3.05, 3.63) is 47.3 Å². The highest BCUT2D eigenvalue weighted by Gasteiger charge is 2.17. The highest BCUT2D eigenvalue weighted by atomic mass is 16.5. The fraction of sp³-hybridized carbons (Fsp3) is 0.333. The summed E-state index contributed by atoms with van der Waals surface area (Å²) in [5.41, 5.74) is 2.34. The van der Waals surface area contributed by atoms with Gasteiger partial charge in [0.15, 0.2) is 0 Å². The molecule has 1 aliphatic rings. The van der Waals surface area contributed by atoms with Crippen molar-refractivity contribution in [3.63, 3.8) is 0 Å². The Hall–Kier alpha value is -2.10. The Bertz CT molecular complexity index is 569. The fourth-order valence-corrected chi connectivity index (χ4v) is 2.26. The summed E-state index contributed by atoms with van der Waals surface area (Å²) < 4.78 is 5.61. The van der Waals surface area contributed by atoms with Crippen LogP contribution in [0.1, 0.15) is 23.4 Å². The van der Waals surface area contributed by atoms with Crippen LogP contribution in [0, 0.1) is 6.92 Å². The van der Waals surface area contributed by atoms with Gasteiger partial charge in [0, 0.05) is 6.54 Å². The van der Waals surface area contributed by atoms with Gasteiger partial charge in [-0.2, -0.15) is 4.98 Å². The van der Waals surface area contributed by atoms with Gasteiger partial charge in [-0.1, -0.05) is 30.3 Å². The van der Waals surface area contributed by atoms with Gasteiger partial charge in [0.05, 0.1) is 12.2 Å². The average Bonchev–Trinajstić information content (AvgIpc) is 2.45. The SMILES string of the molecule is Cc1nc(NCc2ccccc2)c2c(n1)OCCC2. The first-order chi connectivity index (χ1) is 9.33. The number of aromatic nitrogens is 2. The molecule has 98 valence electrons. The van der Waals surface area contributed by atoms with Crippen molar-refractivity contribution in [3.8, 4) is 5.88 Å². The average molecular weight is 255 g/mol. The van der Waals surface area contributed by atoms with Crippen LogP contribution >= 0.6 is 0 Å². The number of hydrogen-bond donors (Lipinski definition) is 1. The van der Waals surface area contributed by atoms with E-state index in [0.717, 1.165) is 49.1 Å². The molecule has 0 saturated carbocycles. The molecule has 1 N–H and O–H groups in total. The normalized spacial score (nSPS) is 13.5. The third kappa shape index (κ3) is 2.67. The largest absolute Gasteiger partial charge is 0.477 e. The van der Waals surface area contributed by atoms with E-state index < -0.39 is 0 Å². The Morgan fingerprint density at radius 1 is 1.21 bits per heavy atom. The summed E-state index contributed by atoms with van der Waals surface area (Å²) in [5, 5.41) is 3.40. The van der Waals surface area contributed by atoms with E-state index in [4.69, 9.17) is 4.74 Å². The second-order valence-corrected chi connectivity index (χ2v) is 4.69. The minimum atomic E-state index is 0.745. The topological polar surface area (TPSA) is 47.0 Å². The number of nitrogens with one attached hydrogen (secondary N) is 1. The molecule has 19 heavy (non-hydrogen) atoms. The maximum absolute atomic E-state index is 5.61. The molecule has 4 nitrogen and oxygen atoms in total. The van der Waals surface area contributed by atoms with E-state index in [1.54, 1.807) is 0 Å². The number of hydrogen-bond acceptors (Lipinski definition) is 4. The second kappa shape index (κ2) is 5.26. The van der Waals surface area contributed by atoms with Crippen molar-refractivity contribution in [2.45, 2.75) is 26.3 Å². The third-order valence-electron chi connectivity index (χ3n) is 3.19. The molecular weight excluding hydrogens is 238 g/mol. The van der Waals surface area contributed by atoms with Gasteiger partial charge >= 0.3 is 0 Å². The summed E-state index contributed by atoms with van der Waals surface area (Å²) in [4.78, 5) is 8.86. The van der Waals surface area contributed by atoms with Gasteiger partial charge < -0.3 is 10.1 Å². The number of rotatable bonds is 3. The van der Waals surface area contributed by atoms with Crippen molar-refractivity contribution in [2.24, 2.45) is 0 Å². The van der Waals surface area contributed by atoms with Crippen LogP contribution in [-0.2, 0) is 13.0 Å². The highest BCUT2D eigenvalue weighted by molar-refractivity contribution is 5.50. The highest BCUT2D eigenvalue weighted by Crippen LogP contribution is 2.28. The Morgan fingerprint density at radius 2 is 2.05 bits per heavy atom. The van der Waals surface area contributed by atoms with Crippen molar-refractivity contribution in [2.75, 3.05) is 11.9 Å². The monoisotopic (exact) mass is 255 g/mol. The third-order valence-corrected chi connectivity index (χ3v) is 3.19. The molecule has 1 aliphatic heterocycles. The quantitative estimate of drug-likeness (QED) is 0.916. The number of aryl methyl sites for hydroxylation is 1. The molecule has 1 aromatic carbocycles. The first kappa shape index (κ1) is 12.0. The van der Waals surface area contributed by atoms with Crippen molar-refractivity contribution in [1.29, 1.82) is 0 Å². The summed E-state index contributed by atoms with van der Waals surface area (Å²) in [7, 11) is 0. The molecule has 0 unspecified atom stereocenters. The molecule has 0 radical (unpaired) electrons. The summed E-state index contributed by atoms with van der Waals surface area (Å²) in [6.45, 7) is 3.41. The lowest BCUT2D eigenvalue weighted by Crippen LogP contribution is -2.15. The lowest BCUT2D eigenvalue weighted by Gasteiger charge is -2.19. The maximum atomic E-state index is 5.61. The fourth-order valence-electron chi connectivity index (χ4n) is 2.26. The van der Waals surface area contributed by atoms with Crippen molar-refractivity contribution < 1.29 is 4.74 Å². The van der Waals surface area contributed by atoms with E-state index >= 15 is 0 Å². The lowest BCUT2D eigenvalue weighted by molar-refractivity contribution is 0.275. The molecule has 0 aliphatic carbocycles. The summed E-state index contributed by atoms with van der Waals surface area (Å²) in [6, 6.07) is 10.3. The number of anilines is 1. The first-order valence-electron chi connectivity index (χ1n) is 6.61. The smallest absolute Gasteiger partial charge is 0.222 e. The van der Waals surface area contributed by atoms with Gasteiger partial charge in [0.1, 0.15) is 11.6 Å². The summed E-state index contributed by atoms with van der Waals surface area (Å²) >= 11 is 0. The van der Waals surface area contributed by atoms with Crippen LogP contribution in [0.25, 0.3) is 0 Å². The van der Waals surface area contributed by atoms with Crippen LogP contribution < -0.4 is 10.1 Å². The Morgan fingerprint density at radius 3 is 2.89 bits per heavy atom. The minimum Gasteiger partial charge on any atom is -0.477 e. The molecule has 2 heterocycles. The van der Waals surface area contributed by atoms with E-state index in [-0.39, 0.29) is 0 Å². The van der Waals surface area contributed by atoms with Gasteiger partial charge in [-0.05, 0) is 25.3 Å². The molecule has 2 aromatic rings. The maximum Gasteiger partial charge on any atom is 0.222 e. The van der Waals surface area contributed by atoms with E-state index in [9.17, 15) is 0 Å². The number of nitrogens with zero attached hydrogens (tertiary/aromatic N) is 2. The van der Waals surface area contributed by atoms with E-state index in [1.807, 2.05) is 25.1 Å². The Kier molecular flexibility index (Phi) is 3.31. The molecule has 4 heteroatoms. The zero-order valence-corrected chi connectivity index (χ0v) is 11.0. The Labute approximate surface area is 112 Å². The molecule has 0 atom stereocenters. The molecule has 0 spiro atoms. The predicted molar refractivity (Wildman–Crippen MR) is 74.4 cm³/mol. The minimum absolute atomic E-state index is 0.745. The molecule has 0 bridgehead atoms. The van der Waals surface area contributed by atoms with Gasteiger partial charge in [0.25, 0.3) is 0 Å². The van der Waals surface area contributed by atoms with Gasteiger partial charge in [0.2, 0.25) is 5.88 Å². The first-order valence-corrected chi connectivity index (χ1v) is 6.61. The van der Waals surface area contributed by atoms with Crippen LogP contribution in [0.3, 0.4) is 0 Å². The van der Waals surface area contributed by atoms with Gasteiger partial charge in [-0.25, -0.2) is 4.98 Å². The number of fused-ring (bicyclic) bond motifs is 1. The predicted octanol–water partition coefficient (Wildman–Crippen LogP) is 2.72. The van der Waals surface area contributed by atoms with Crippen LogP contribution in [0.15, 0.2) is 30.3 Å². The van der Waals surface area contributed by atoms with Gasteiger partial charge in [-0.3, -0.25) is 0 Å². The van der Waals surface area contributed by atoms with Crippen molar-refractivity contribution >= 4 is 5.82 Å². The van der Waals surface area contributed by atoms with Crippen molar-refractivity contribution in [1.82, 2.24) is 9.97 Å². The van der Waals surface area contributed by atoms with Crippen LogP contribution in [0.5, 0.6) is 5.88 Å². The molecular formula is C15H17N3O. The standard InChI is InChI=1S/C15H17N3O/c1-11-17-14(13-8-5-9-19-15(13)18-11)16-10-12-6-3-2-4-7-12/h2-4,6-7H,5,8-10H2,1H3,(H,16,17,18). The van der Waals surface area contributed by atoms with E-state index in [1.165, 1.54) is 5.56 Å².